The van der Waals surface area contributed by atoms with E-state index in [1.807, 2.05) is 0 Å². The SMILES string of the molecule is COc1cc(C=NNC(=O)CSc2ccc([N+](=O)[O-])cc2)ccc1Oc1ccc([N+](=O)[O-])cc1[N+](=O)[O-]. The molecule has 0 saturated carbocycles. The third-order valence-corrected chi connectivity index (χ3v) is 5.59. The van der Waals surface area contributed by atoms with Crippen LogP contribution in [0.1, 0.15) is 5.56 Å². The molecule has 0 spiro atoms. The van der Waals surface area contributed by atoms with Gasteiger partial charge in [-0.1, -0.05) is 0 Å². The Bertz CT molecular complexity index is 1380. The molecule has 0 aliphatic rings. The number of amides is 1. The number of hydrazone groups is 1. The Morgan fingerprint density at radius 2 is 1.54 bits per heavy atom. The van der Waals surface area contributed by atoms with Crippen LogP contribution in [0.15, 0.2) is 70.7 Å². The monoisotopic (exact) mass is 527 g/mol. The second kappa shape index (κ2) is 12.1. The van der Waals surface area contributed by atoms with Gasteiger partial charge in [0.2, 0.25) is 11.7 Å². The summed E-state index contributed by atoms with van der Waals surface area (Å²) in [6.07, 6.45) is 1.34. The molecule has 1 N–H and O–H groups in total. The molecule has 15 heteroatoms. The van der Waals surface area contributed by atoms with Crippen LogP contribution in [0.4, 0.5) is 17.1 Å². The number of thioether (sulfide) groups is 1. The lowest BCUT2D eigenvalue weighted by Crippen LogP contribution is -2.19. The highest BCUT2D eigenvalue weighted by Crippen LogP contribution is 2.38. The number of carbonyl (C=O) groups is 1. The van der Waals surface area contributed by atoms with E-state index in [1.165, 1.54) is 49.4 Å². The zero-order chi connectivity index (χ0) is 26.9. The van der Waals surface area contributed by atoms with E-state index in [0.717, 1.165) is 18.2 Å². The van der Waals surface area contributed by atoms with E-state index in [-0.39, 0.29) is 28.7 Å². The molecule has 0 atom stereocenters. The van der Waals surface area contributed by atoms with Gasteiger partial charge in [-0.2, -0.15) is 5.10 Å². The molecule has 1 amide bonds. The van der Waals surface area contributed by atoms with E-state index in [4.69, 9.17) is 9.47 Å². The maximum atomic E-state index is 12.0. The largest absolute Gasteiger partial charge is 0.493 e. The minimum absolute atomic E-state index is 0.0271. The van der Waals surface area contributed by atoms with Crippen LogP contribution in [0.2, 0.25) is 0 Å². The zero-order valence-corrected chi connectivity index (χ0v) is 19.7. The Kier molecular flexibility index (Phi) is 8.67. The summed E-state index contributed by atoms with van der Waals surface area (Å²) in [6, 6.07) is 13.3. The number of hydrogen-bond acceptors (Lipinski definition) is 11. The van der Waals surface area contributed by atoms with Gasteiger partial charge in [-0.3, -0.25) is 35.1 Å². The lowest BCUT2D eigenvalue weighted by atomic mass is 10.2. The van der Waals surface area contributed by atoms with E-state index in [9.17, 15) is 35.1 Å². The second-order valence-corrected chi connectivity index (χ2v) is 8.06. The molecule has 0 bridgehead atoms. The first kappa shape index (κ1) is 26.6. The summed E-state index contributed by atoms with van der Waals surface area (Å²) in [6.45, 7) is 0. The standard InChI is InChI=1S/C22H17N5O9S/c1-35-21-10-14(12-23-24-22(28)13-37-17-6-3-15(4-7-17)25(29)30)2-8-20(21)36-19-9-5-16(26(31)32)11-18(19)27(33)34/h2-12H,13H2,1H3,(H,24,28). The highest BCUT2D eigenvalue weighted by Gasteiger charge is 2.22. The van der Waals surface area contributed by atoms with Gasteiger partial charge in [0.1, 0.15) is 0 Å². The van der Waals surface area contributed by atoms with Crippen molar-refractivity contribution in [3.05, 3.63) is 96.6 Å². The van der Waals surface area contributed by atoms with Crippen molar-refractivity contribution in [3.63, 3.8) is 0 Å². The third-order valence-electron chi connectivity index (χ3n) is 4.58. The third kappa shape index (κ3) is 7.22. The number of nitro groups is 3. The summed E-state index contributed by atoms with van der Waals surface area (Å²) in [5.74, 6) is -0.291. The molecular weight excluding hydrogens is 510 g/mol. The van der Waals surface area contributed by atoms with Gasteiger partial charge in [0.05, 0.1) is 39.9 Å². The predicted octanol–water partition coefficient (Wildman–Crippen LogP) is 4.45. The van der Waals surface area contributed by atoms with E-state index < -0.39 is 32.1 Å². The van der Waals surface area contributed by atoms with Crippen molar-refractivity contribution in [1.82, 2.24) is 5.43 Å². The van der Waals surface area contributed by atoms with Gasteiger partial charge in [-0.25, -0.2) is 5.43 Å². The first-order valence-corrected chi connectivity index (χ1v) is 11.1. The van der Waals surface area contributed by atoms with Gasteiger partial charge in [-0.15, -0.1) is 11.8 Å². The smallest absolute Gasteiger partial charge is 0.318 e. The van der Waals surface area contributed by atoms with Crippen molar-refractivity contribution in [3.8, 4) is 17.2 Å². The molecule has 0 aliphatic heterocycles. The number of nitrogens with one attached hydrogen (secondary N) is 1. The highest BCUT2D eigenvalue weighted by molar-refractivity contribution is 8.00. The van der Waals surface area contributed by atoms with Crippen LogP contribution < -0.4 is 14.9 Å². The number of benzene rings is 3. The quantitative estimate of drug-likeness (QED) is 0.161. The van der Waals surface area contributed by atoms with Gasteiger partial charge in [0, 0.05) is 23.1 Å². The molecule has 14 nitrogen and oxygen atoms in total. The molecule has 190 valence electrons. The molecular formula is C22H17N5O9S. The number of nitrogens with zero attached hydrogens (tertiary/aromatic N) is 4. The minimum Gasteiger partial charge on any atom is -0.493 e. The number of methoxy groups -OCH3 is 1. The first-order valence-electron chi connectivity index (χ1n) is 10.2. The van der Waals surface area contributed by atoms with Crippen LogP contribution in [0.5, 0.6) is 17.2 Å². The van der Waals surface area contributed by atoms with E-state index in [2.05, 4.69) is 10.5 Å². The number of non-ortho nitro benzene ring substituents is 2. The topological polar surface area (TPSA) is 189 Å². The number of carbonyl (C=O) groups excluding carboxylic acids is 1. The summed E-state index contributed by atoms with van der Waals surface area (Å²) in [5, 5.41) is 36.8. The average molecular weight is 527 g/mol. The van der Waals surface area contributed by atoms with Crippen LogP contribution in [0.3, 0.4) is 0 Å². The van der Waals surface area contributed by atoms with E-state index in [0.29, 0.717) is 10.5 Å². The molecule has 0 unspecified atom stereocenters. The molecule has 0 aromatic heterocycles. The van der Waals surface area contributed by atoms with Crippen molar-refractivity contribution in [1.29, 1.82) is 0 Å². The maximum Gasteiger partial charge on any atom is 0.318 e. The first-order chi connectivity index (χ1) is 17.7. The maximum absolute atomic E-state index is 12.0. The summed E-state index contributed by atoms with van der Waals surface area (Å²) < 4.78 is 10.8. The van der Waals surface area contributed by atoms with Gasteiger partial charge >= 0.3 is 5.69 Å². The van der Waals surface area contributed by atoms with Gasteiger partial charge in [-0.05, 0) is 42.0 Å². The van der Waals surface area contributed by atoms with E-state index in [1.54, 1.807) is 18.2 Å². The normalized spacial score (nSPS) is 10.6. The van der Waals surface area contributed by atoms with Gasteiger partial charge in [0.15, 0.2) is 11.5 Å². The summed E-state index contributed by atoms with van der Waals surface area (Å²) in [5.41, 5.74) is 1.78. The Morgan fingerprint density at radius 1 is 0.892 bits per heavy atom. The van der Waals surface area contributed by atoms with Crippen LogP contribution in [0.25, 0.3) is 0 Å². The fourth-order valence-corrected chi connectivity index (χ4v) is 3.53. The Morgan fingerprint density at radius 3 is 2.16 bits per heavy atom. The second-order valence-electron chi connectivity index (χ2n) is 7.01. The van der Waals surface area contributed by atoms with Crippen molar-refractivity contribution in [2.45, 2.75) is 4.90 Å². The molecule has 3 aromatic rings. The Labute approximate surface area is 212 Å². The number of nitro benzene ring substituents is 3. The number of rotatable bonds is 11. The van der Waals surface area contributed by atoms with Crippen molar-refractivity contribution in [2.24, 2.45) is 5.10 Å². The summed E-state index contributed by atoms with van der Waals surface area (Å²) in [4.78, 5) is 43.6. The zero-order valence-electron chi connectivity index (χ0n) is 18.9. The molecule has 3 aromatic carbocycles. The van der Waals surface area contributed by atoms with Crippen LogP contribution in [-0.4, -0.2) is 39.8 Å². The fraction of sp³-hybridized carbons (Fsp3) is 0.0909. The Balaban J connectivity index is 1.63. The predicted molar refractivity (Wildman–Crippen MR) is 132 cm³/mol. The Hall–Kier alpha value is -5.05. The molecule has 0 saturated heterocycles. The summed E-state index contributed by atoms with van der Waals surface area (Å²) in [7, 11) is 1.35. The van der Waals surface area contributed by atoms with Crippen molar-refractivity contribution >= 4 is 40.9 Å². The molecule has 0 heterocycles. The van der Waals surface area contributed by atoms with Crippen molar-refractivity contribution < 1.29 is 29.0 Å². The summed E-state index contributed by atoms with van der Waals surface area (Å²) >= 11 is 1.18. The molecule has 0 radical (unpaired) electrons. The van der Waals surface area contributed by atoms with Gasteiger partial charge in [0.25, 0.3) is 11.4 Å². The van der Waals surface area contributed by atoms with Crippen LogP contribution in [-0.2, 0) is 4.79 Å². The lowest BCUT2D eigenvalue weighted by molar-refractivity contribution is -0.394. The van der Waals surface area contributed by atoms with Crippen molar-refractivity contribution in [2.75, 3.05) is 12.9 Å². The van der Waals surface area contributed by atoms with E-state index >= 15 is 0 Å². The average Bonchev–Trinajstić information content (AvgIpc) is 2.88. The fourth-order valence-electron chi connectivity index (χ4n) is 2.84. The molecule has 0 fully saturated rings. The van der Waals surface area contributed by atoms with Gasteiger partial charge < -0.3 is 9.47 Å². The lowest BCUT2D eigenvalue weighted by Gasteiger charge is -2.11. The minimum atomic E-state index is -0.793. The molecule has 0 aliphatic carbocycles. The number of ether oxygens (including phenoxy) is 2. The highest BCUT2D eigenvalue weighted by atomic mass is 32.2. The van der Waals surface area contributed by atoms with Crippen LogP contribution in [0, 0.1) is 30.3 Å². The molecule has 37 heavy (non-hydrogen) atoms. The van der Waals surface area contributed by atoms with Crippen LogP contribution >= 0.6 is 11.8 Å². The molecule has 3 rings (SSSR count). The number of hydrogen-bond donors (Lipinski definition) is 1.